The summed E-state index contributed by atoms with van der Waals surface area (Å²) in [5, 5.41) is 1.30. The Balaban J connectivity index is 1.74. The van der Waals surface area contributed by atoms with E-state index in [1.165, 1.54) is 51.4 Å². The van der Waals surface area contributed by atoms with Crippen LogP contribution in [0.4, 0.5) is 0 Å². The molecule has 27 heavy (non-hydrogen) atoms. The lowest BCUT2D eigenvalue weighted by Crippen LogP contribution is -2.13. The maximum absolute atomic E-state index is 6.41. The lowest BCUT2D eigenvalue weighted by molar-refractivity contribution is 0.0380. The summed E-state index contributed by atoms with van der Waals surface area (Å²) in [4.78, 5) is 4.12. The summed E-state index contributed by atoms with van der Waals surface area (Å²) < 4.78 is 8.23. The van der Waals surface area contributed by atoms with E-state index in [-0.39, 0.29) is 6.10 Å². The highest BCUT2D eigenvalue weighted by Gasteiger charge is 2.16. The first-order valence-corrected chi connectivity index (χ1v) is 11.0. The minimum absolute atomic E-state index is 0.0991. The molecule has 0 aliphatic heterocycles. The third-order valence-corrected chi connectivity index (χ3v) is 5.37. The van der Waals surface area contributed by atoms with Crippen molar-refractivity contribution in [1.82, 2.24) is 9.55 Å². The summed E-state index contributed by atoms with van der Waals surface area (Å²) in [6.07, 6.45) is 17.2. The molecule has 0 amide bonds. The topological polar surface area (TPSA) is 27.1 Å². The van der Waals surface area contributed by atoms with Crippen LogP contribution in [0.25, 0.3) is 0 Å². The lowest BCUT2D eigenvalue weighted by atomic mass is 10.1. The van der Waals surface area contributed by atoms with E-state index in [2.05, 4.69) is 11.9 Å². The first-order valence-electron chi connectivity index (χ1n) is 10.2. The summed E-state index contributed by atoms with van der Waals surface area (Å²) in [6.45, 7) is 3.70. The zero-order valence-corrected chi connectivity index (χ0v) is 17.9. The molecule has 1 unspecified atom stereocenters. The van der Waals surface area contributed by atoms with Crippen molar-refractivity contribution < 1.29 is 4.74 Å². The number of rotatable bonds is 14. The molecule has 150 valence electrons. The Morgan fingerprint density at radius 2 is 1.70 bits per heavy atom. The van der Waals surface area contributed by atoms with Crippen LogP contribution in [-0.4, -0.2) is 16.2 Å². The second-order valence-electron chi connectivity index (χ2n) is 7.11. The molecule has 1 heterocycles. The number of hydrogen-bond donors (Lipinski definition) is 0. The summed E-state index contributed by atoms with van der Waals surface area (Å²) >= 11 is 12.4. The van der Waals surface area contributed by atoms with Crippen molar-refractivity contribution in [2.45, 2.75) is 77.4 Å². The predicted octanol–water partition coefficient (Wildman–Crippen LogP) is 7.48. The van der Waals surface area contributed by atoms with Crippen LogP contribution >= 0.6 is 23.2 Å². The second kappa shape index (κ2) is 13.2. The van der Waals surface area contributed by atoms with E-state index < -0.39 is 0 Å². The van der Waals surface area contributed by atoms with E-state index in [0.717, 1.165) is 18.6 Å². The standard InChI is InChI=1S/C22H32Cl2N2O/c1-2-3-4-5-6-7-8-9-10-15-27-22(17-26-14-13-25-18-26)20-12-11-19(23)16-21(20)24/h11-14,16,18,22H,2-10,15,17H2,1H3. The first-order chi connectivity index (χ1) is 13.2. The second-order valence-corrected chi connectivity index (χ2v) is 7.96. The fraction of sp³-hybridized carbons (Fsp3) is 0.591. The number of imidazole rings is 1. The van der Waals surface area contributed by atoms with Crippen molar-refractivity contribution in [2.75, 3.05) is 6.61 Å². The van der Waals surface area contributed by atoms with Crippen molar-refractivity contribution in [3.05, 3.63) is 52.5 Å². The van der Waals surface area contributed by atoms with Crippen LogP contribution in [0.1, 0.15) is 76.4 Å². The van der Waals surface area contributed by atoms with Gasteiger partial charge in [0.2, 0.25) is 0 Å². The summed E-state index contributed by atoms with van der Waals surface area (Å²) in [6, 6.07) is 5.61. The Hall–Kier alpha value is -1.03. The Kier molecular flexibility index (Phi) is 10.9. The number of benzene rings is 1. The highest BCUT2D eigenvalue weighted by atomic mass is 35.5. The summed E-state index contributed by atoms with van der Waals surface area (Å²) in [5.74, 6) is 0. The molecule has 2 rings (SSSR count). The first kappa shape index (κ1) is 22.3. The molecule has 0 saturated heterocycles. The molecule has 2 aromatic rings. The molecule has 0 aliphatic rings. The molecule has 1 atom stereocenters. The molecule has 1 aromatic carbocycles. The zero-order chi connectivity index (χ0) is 19.3. The average Bonchev–Trinajstić information content (AvgIpc) is 3.15. The van der Waals surface area contributed by atoms with Crippen LogP contribution in [0, 0.1) is 0 Å². The van der Waals surface area contributed by atoms with E-state index in [1.54, 1.807) is 18.6 Å². The number of unbranched alkanes of at least 4 members (excludes halogenated alkanes) is 8. The summed E-state index contributed by atoms with van der Waals surface area (Å²) in [7, 11) is 0. The van der Waals surface area contributed by atoms with Gasteiger partial charge in [-0.1, -0.05) is 87.6 Å². The predicted molar refractivity (Wildman–Crippen MR) is 115 cm³/mol. The van der Waals surface area contributed by atoms with Crippen molar-refractivity contribution in [3.8, 4) is 0 Å². The molecule has 0 fully saturated rings. The number of hydrogen-bond acceptors (Lipinski definition) is 2. The molecule has 0 radical (unpaired) electrons. The molecule has 5 heteroatoms. The minimum atomic E-state index is -0.0991. The van der Waals surface area contributed by atoms with Gasteiger partial charge in [-0.3, -0.25) is 0 Å². The van der Waals surface area contributed by atoms with E-state index in [9.17, 15) is 0 Å². The van der Waals surface area contributed by atoms with Gasteiger partial charge in [0.25, 0.3) is 0 Å². The molecule has 0 saturated carbocycles. The van der Waals surface area contributed by atoms with Gasteiger partial charge in [-0.05, 0) is 18.6 Å². The quantitative estimate of drug-likeness (QED) is 0.301. The van der Waals surface area contributed by atoms with Gasteiger partial charge in [-0.15, -0.1) is 0 Å². The maximum Gasteiger partial charge on any atom is 0.102 e. The largest absolute Gasteiger partial charge is 0.372 e. The zero-order valence-electron chi connectivity index (χ0n) is 16.4. The van der Waals surface area contributed by atoms with Crippen molar-refractivity contribution in [3.63, 3.8) is 0 Å². The molecule has 0 aliphatic carbocycles. The van der Waals surface area contributed by atoms with E-state index in [1.807, 2.05) is 22.9 Å². The Labute approximate surface area is 174 Å². The van der Waals surface area contributed by atoms with Gasteiger partial charge in [-0.25, -0.2) is 4.98 Å². The van der Waals surface area contributed by atoms with Crippen LogP contribution in [-0.2, 0) is 11.3 Å². The van der Waals surface area contributed by atoms with Crippen molar-refractivity contribution >= 4 is 23.2 Å². The van der Waals surface area contributed by atoms with Gasteiger partial charge in [-0.2, -0.15) is 0 Å². The lowest BCUT2D eigenvalue weighted by Gasteiger charge is -2.20. The number of aromatic nitrogens is 2. The fourth-order valence-corrected chi connectivity index (χ4v) is 3.76. The Morgan fingerprint density at radius 3 is 2.33 bits per heavy atom. The molecule has 1 aromatic heterocycles. The third kappa shape index (κ3) is 8.68. The van der Waals surface area contributed by atoms with Crippen molar-refractivity contribution in [1.29, 1.82) is 0 Å². The number of halogens is 2. The molecule has 0 spiro atoms. The SMILES string of the molecule is CCCCCCCCCCCOC(Cn1ccnc1)c1ccc(Cl)cc1Cl. The number of ether oxygens (including phenoxy) is 1. The maximum atomic E-state index is 6.41. The van der Waals surface area contributed by atoms with Crippen molar-refractivity contribution in [2.24, 2.45) is 0 Å². The van der Waals surface area contributed by atoms with Gasteiger partial charge in [0.05, 0.1) is 12.9 Å². The molecule has 0 N–H and O–H groups in total. The molecule has 3 nitrogen and oxygen atoms in total. The normalized spacial score (nSPS) is 12.4. The van der Waals surface area contributed by atoms with Crippen LogP contribution < -0.4 is 0 Å². The fourth-order valence-electron chi connectivity index (χ4n) is 3.23. The van der Waals surface area contributed by atoms with Gasteiger partial charge < -0.3 is 9.30 Å². The van der Waals surface area contributed by atoms with Crippen LogP contribution in [0.2, 0.25) is 10.0 Å². The van der Waals surface area contributed by atoms with Gasteiger partial charge >= 0.3 is 0 Å². The minimum Gasteiger partial charge on any atom is -0.372 e. The molecule has 0 bridgehead atoms. The van der Waals surface area contributed by atoms with E-state index in [0.29, 0.717) is 16.6 Å². The monoisotopic (exact) mass is 410 g/mol. The van der Waals surface area contributed by atoms with Crippen LogP contribution in [0.5, 0.6) is 0 Å². The Morgan fingerprint density at radius 1 is 1.00 bits per heavy atom. The van der Waals surface area contributed by atoms with Crippen LogP contribution in [0.15, 0.2) is 36.9 Å². The molecular weight excluding hydrogens is 379 g/mol. The highest BCUT2D eigenvalue weighted by molar-refractivity contribution is 6.35. The van der Waals surface area contributed by atoms with Gasteiger partial charge in [0.1, 0.15) is 6.10 Å². The van der Waals surface area contributed by atoms with Gasteiger partial charge in [0, 0.05) is 34.6 Å². The number of nitrogens with zero attached hydrogens (tertiary/aromatic N) is 2. The smallest absolute Gasteiger partial charge is 0.102 e. The summed E-state index contributed by atoms with van der Waals surface area (Å²) in [5.41, 5.74) is 0.977. The average molecular weight is 411 g/mol. The van der Waals surface area contributed by atoms with E-state index in [4.69, 9.17) is 27.9 Å². The highest BCUT2D eigenvalue weighted by Crippen LogP contribution is 2.30. The third-order valence-electron chi connectivity index (χ3n) is 4.81. The van der Waals surface area contributed by atoms with E-state index >= 15 is 0 Å². The molecular formula is C22H32Cl2N2O. The van der Waals surface area contributed by atoms with Gasteiger partial charge in [0.15, 0.2) is 0 Å². The Bertz CT molecular complexity index is 631. The van der Waals surface area contributed by atoms with Crippen LogP contribution in [0.3, 0.4) is 0 Å².